The van der Waals surface area contributed by atoms with Gasteiger partial charge in [0.25, 0.3) is 0 Å². The summed E-state index contributed by atoms with van der Waals surface area (Å²) in [7, 11) is 0. The van der Waals surface area contributed by atoms with Gasteiger partial charge < -0.3 is 10.1 Å². The highest BCUT2D eigenvalue weighted by molar-refractivity contribution is 5.75. The zero-order valence-corrected chi connectivity index (χ0v) is 11.9. The summed E-state index contributed by atoms with van der Waals surface area (Å²) in [5, 5.41) is 2.83. The van der Waals surface area contributed by atoms with Crippen LogP contribution in [0.4, 0.5) is 4.79 Å². The van der Waals surface area contributed by atoms with E-state index in [0.717, 1.165) is 12.8 Å². The number of hydrogen-bond donors (Lipinski definition) is 1. The van der Waals surface area contributed by atoms with Gasteiger partial charge in [-0.2, -0.15) is 0 Å². The molecule has 18 heavy (non-hydrogen) atoms. The number of nitrogens with zero attached hydrogens (tertiary/aromatic N) is 1. The molecule has 1 fully saturated rings. The fourth-order valence-electron chi connectivity index (χ4n) is 2.14. The van der Waals surface area contributed by atoms with Crippen LogP contribution in [0.1, 0.15) is 47.5 Å². The van der Waals surface area contributed by atoms with E-state index < -0.39 is 5.60 Å². The van der Waals surface area contributed by atoms with Crippen LogP contribution in [0.25, 0.3) is 0 Å². The van der Waals surface area contributed by atoms with Gasteiger partial charge in [-0.1, -0.05) is 6.92 Å². The Balaban J connectivity index is 2.75. The van der Waals surface area contributed by atoms with Crippen LogP contribution in [0.5, 0.6) is 0 Å². The minimum atomic E-state index is -0.515. The van der Waals surface area contributed by atoms with Gasteiger partial charge in [-0.3, -0.25) is 9.69 Å². The molecule has 0 aromatic rings. The summed E-state index contributed by atoms with van der Waals surface area (Å²) in [6.45, 7) is 9.65. The molecule has 2 amide bonds. The average molecular weight is 256 g/mol. The molecule has 0 saturated carbocycles. The van der Waals surface area contributed by atoms with E-state index in [0.29, 0.717) is 6.54 Å². The molecule has 0 aromatic carbocycles. The lowest BCUT2D eigenvalue weighted by molar-refractivity contribution is -0.121. The molecule has 0 bridgehead atoms. The summed E-state index contributed by atoms with van der Waals surface area (Å²) >= 11 is 0. The highest BCUT2D eigenvalue weighted by Crippen LogP contribution is 2.23. The lowest BCUT2D eigenvalue weighted by Gasteiger charge is -2.40. The van der Waals surface area contributed by atoms with Crippen LogP contribution in [0, 0.1) is 5.92 Å². The molecule has 0 aromatic heterocycles. The Labute approximate surface area is 109 Å². The molecular weight excluding hydrogens is 232 g/mol. The van der Waals surface area contributed by atoms with Crippen LogP contribution < -0.4 is 5.32 Å². The fraction of sp³-hybridized carbons (Fsp3) is 0.846. The zero-order valence-electron chi connectivity index (χ0n) is 11.9. The van der Waals surface area contributed by atoms with Crippen LogP contribution in [-0.4, -0.2) is 35.2 Å². The van der Waals surface area contributed by atoms with Gasteiger partial charge in [-0.05, 0) is 39.5 Å². The number of nitrogens with one attached hydrogen (secondary N) is 1. The van der Waals surface area contributed by atoms with Crippen molar-refractivity contribution in [2.24, 2.45) is 5.92 Å². The molecule has 0 radical (unpaired) electrons. The van der Waals surface area contributed by atoms with Crippen molar-refractivity contribution < 1.29 is 14.3 Å². The third-order valence-electron chi connectivity index (χ3n) is 2.91. The van der Waals surface area contributed by atoms with Gasteiger partial charge in [0.05, 0.1) is 0 Å². The second-order valence-corrected chi connectivity index (χ2v) is 5.94. The number of hydrogen-bond acceptors (Lipinski definition) is 3. The van der Waals surface area contributed by atoms with Crippen molar-refractivity contribution in [2.75, 3.05) is 6.54 Å². The maximum absolute atomic E-state index is 12.1. The van der Waals surface area contributed by atoms with E-state index in [9.17, 15) is 9.59 Å². The van der Waals surface area contributed by atoms with E-state index >= 15 is 0 Å². The molecule has 104 valence electrons. The Hall–Kier alpha value is -1.26. The largest absolute Gasteiger partial charge is 0.444 e. The molecule has 1 aliphatic rings. The van der Waals surface area contributed by atoms with Crippen LogP contribution >= 0.6 is 0 Å². The summed E-state index contributed by atoms with van der Waals surface area (Å²) in [5.41, 5.74) is -0.515. The van der Waals surface area contributed by atoms with Crippen molar-refractivity contribution in [1.82, 2.24) is 10.2 Å². The highest BCUT2D eigenvalue weighted by atomic mass is 16.6. The average Bonchev–Trinajstić information content (AvgIpc) is 2.17. The SMILES string of the molecule is CC(=O)NC1C(C)CCCN1C(=O)OC(C)(C)C. The Kier molecular flexibility index (Phi) is 4.59. The van der Waals surface area contributed by atoms with Crippen molar-refractivity contribution in [2.45, 2.75) is 59.2 Å². The first kappa shape index (κ1) is 14.8. The molecule has 1 N–H and O–H groups in total. The maximum atomic E-state index is 12.1. The number of rotatable bonds is 1. The molecular formula is C13H24N2O3. The van der Waals surface area contributed by atoms with Gasteiger partial charge in [0.2, 0.25) is 5.91 Å². The number of carbonyl (C=O) groups is 2. The minimum absolute atomic E-state index is 0.123. The molecule has 0 spiro atoms. The predicted octanol–water partition coefficient (Wildman–Crippen LogP) is 2.12. The van der Waals surface area contributed by atoms with E-state index in [4.69, 9.17) is 4.74 Å². The predicted molar refractivity (Wildman–Crippen MR) is 68.9 cm³/mol. The molecule has 1 saturated heterocycles. The van der Waals surface area contributed by atoms with Gasteiger partial charge in [-0.25, -0.2) is 4.79 Å². The third-order valence-corrected chi connectivity index (χ3v) is 2.91. The Bertz CT molecular complexity index is 323. The number of amides is 2. The van der Waals surface area contributed by atoms with Crippen LogP contribution in [0.2, 0.25) is 0 Å². The highest BCUT2D eigenvalue weighted by Gasteiger charge is 2.34. The van der Waals surface area contributed by atoms with Crippen molar-refractivity contribution in [1.29, 1.82) is 0 Å². The van der Waals surface area contributed by atoms with E-state index in [1.807, 2.05) is 27.7 Å². The molecule has 1 heterocycles. The van der Waals surface area contributed by atoms with Crippen molar-refractivity contribution >= 4 is 12.0 Å². The molecule has 5 nitrogen and oxygen atoms in total. The van der Waals surface area contributed by atoms with E-state index in [1.165, 1.54) is 6.92 Å². The van der Waals surface area contributed by atoms with Crippen molar-refractivity contribution in [3.63, 3.8) is 0 Å². The van der Waals surface area contributed by atoms with E-state index in [-0.39, 0.29) is 24.1 Å². The Morgan fingerprint density at radius 1 is 1.33 bits per heavy atom. The van der Waals surface area contributed by atoms with E-state index in [1.54, 1.807) is 4.90 Å². The summed E-state index contributed by atoms with van der Waals surface area (Å²) < 4.78 is 5.37. The Morgan fingerprint density at radius 3 is 2.44 bits per heavy atom. The van der Waals surface area contributed by atoms with Gasteiger partial charge >= 0.3 is 6.09 Å². The molecule has 1 rings (SSSR count). The fourth-order valence-corrected chi connectivity index (χ4v) is 2.14. The van der Waals surface area contributed by atoms with Gasteiger partial charge in [0, 0.05) is 13.5 Å². The first-order valence-corrected chi connectivity index (χ1v) is 6.47. The van der Waals surface area contributed by atoms with Gasteiger partial charge in [0.15, 0.2) is 0 Å². The lowest BCUT2D eigenvalue weighted by Crippen LogP contribution is -2.57. The van der Waals surface area contributed by atoms with Crippen LogP contribution in [-0.2, 0) is 9.53 Å². The molecule has 0 aliphatic carbocycles. The smallest absolute Gasteiger partial charge is 0.411 e. The monoisotopic (exact) mass is 256 g/mol. The Morgan fingerprint density at radius 2 is 1.94 bits per heavy atom. The maximum Gasteiger partial charge on any atom is 0.411 e. The van der Waals surface area contributed by atoms with Crippen molar-refractivity contribution in [3.8, 4) is 0 Å². The first-order valence-electron chi connectivity index (χ1n) is 6.47. The molecule has 2 unspecified atom stereocenters. The second-order valence-electron chi connectivity index (χ2n) is 5.94. The van der Waals surface area contributed by atoms with Crippen molar-refractivity contribution in [3.05, 3.63) is 0 Å². The summed E-state index contributed by atoms with van der Waals surface area (Å²) in [6.07, 6.45) is 1.33. The summed E-state index contributed by atoms with van der Waals surface area (Å²) in [5.74, 6) is 0.123. The number of ether oxygens (including phenoxy) is 1. The zero-order chi connectivity index (χ0) is 13.9. The molecule has 5 heteroatoms. The third kappa shape index (κ3) is 4.20. The summed E-state index contributed by atoms with van der Waals surface area (Å²) in [6, 6.07) is 0. The van der Waals surface area contributed by atoms with Crippen LogP contribution in [0.3, 0.4) is 0 Å². The summed E-state index contributed by atoms with van der Waals surface area (Å²) in [4.78, 5) is 25.0. The number of piperidine rings is 1. The normalized spacial score (nSPS) is 24.6. The quantitative estimate of drug-likeness (QED) is 0.781. The number of likely N-dealkylation sites (tertiary alicyclic amines) is 1. The molecule has 2 atom stereocenters. The molecule has 1 aliphatic heterocycles. The van der Waals surface area contributed by atoms with Gasteiger partial charge in [-0.15, -0.1) is 0 Å². The standard InChI is InChI=1S/C13H24N2O3/c1-9-7-6-8-15(11(9)14-10(2)16)12(17)18-13(3,4)5/h9,11H,6-8H2,1-5H3,(H,14,16). The lowest BCUT2D eigenvalue weighted by atomic mass is 9.96. The number of carbonyl (C=O) groups excluding carboxylic acids is 2. The minimum Gasteiger partial charge on any atom is -0.444 e. The first-order chi connectivity index (χ1) is 8.20. The topological polar surface area (TPSA) is 58.6 Å². The second kappa shape index (κ2) is 5.59. The van der Waals surface area contributed by atoms with Gasteiger partial charge in [0.1, 0.15) is 11.8 Å². The van der Waals surface area contributed by atoms with Crippen LogP contribution in [0.15, 0.2) is 0 Å². The van der Waals surface area contributed by atoms with E-state index in [2.05, 4.69) is 5.32 Å².